The van der Waals surface area contributed by atoms with Crippen LogP contribution in [-0.4, -0.2) is 0 Å². The molecular formula is C61H43N. The van der Waals surface area contributed by atoms with Crippen LogP contribution in [-0.2, 0) is 5.41 Å². The lowest BCUT2D eigenvalue weighted by molar-refractivity contribution is 0.660. The van der Waals surface area contributed by atoms with E-state index in [9.17, 15) is 0 Å². The van der Waals surface area contributed by atoms with Crippen molar-refractivity contribution in [2.45, 2.75) is 19.3 Å². The van der Waals surface area contributed by atoms with Gasteiger partial charge in [-0.3, -0.25) is 0 Å². The van der Waals surface area contributed by atoms with Gasteiger partial charge in [0, 0.05) is 22.5 Å². The first kappa shape index (κ1) is 36.1. The Morgan fingerprint density at radius 1 is 0.306 bits per heavy atom. The average molecular weight is 790 g/mol. The summed E-state index contributed by atoms with van der Waals surface area (Å²) in [6.45, 7) is 4.70. The van der Waals surface area contributed by atoms with Crippen LogP contribution in [0.4, 0.5) is 17.1 Å². The molecule has 0 bridgehead atoms. The molecule has 11 aromatic carbocycles. The Labute approximate surface area is 362 Å². The Bertz CT molecular complexity index is 3520. The minimum atomic E-state index is -0.0467. The smallest absolute Gasteiger partial charge is 0.0467 e. The van der Waals surface area contributed by atoms with Crippen molar-refractivity contribution in [1.29, 1.82) is 0 Å². The highest BCUT2D eigenvalue weighted by Crippen LogP contribution is 2.52. The summed E-state index contributed by atoms with van der Waals surface area (Å²) in [5, 5.41) is 10.2. The van der Waals surface area contributed by atoms with Crippen LogP contribution in [0.5, 0.6) is 0 Å². The van der Waals surface area contributed by atoms with Gasteiger partial charge in [0.15, 0.2) is 0 Å². The standard InChI is InChI=1S/C61H43N/c1-61(2)56-23-9-8-19-55(56)60-52(21-12-24-57(60)61)43-31-36-48(37-32-43)62(47-34-29-41(30-35-47)40-13-4-3-5-14-40)49-17-10-16-46(39-49)50-20-11-22-54-53(50)38-33-45-28-27-44-26-25-42-15-6-7-18-51(42)58(44)59(45)54/h3-39H,1-2H3. The number of benzene rings is 11. The zero-order valence-electron chi connectivity index (χ0n) is 34.8. The molecule has 1 heteroatoms. The predicted molar refractivity (Wildman–Crippen MR) is 265 cm³/mol. The Balaban J connectivity index is 1.000. The lowest BCUT2D eigenvalue weighted by Crippen LogP contribution is -2.14. The average Bonchev–Trinajstić information content (AvgIpc) is 3.57. The number of fused-ring (bicyclic) bond motifs is 10. The van der Waals surface area contributed by atoms with Gasteiger partial charge in [-0.05, 0) is 135 Å². The van der Waals surface area contributed by atoms with Gasteiger partial charge in [0.05, 0.1) is 0 Å². The van der Waals surface area contributed by atoms with Crippen LogP contribution in [0.25, 0.3) is 87.6 Å². The third-order valence-electron chi connectivity index (χ3n) is 13.4. The van der Waals surface area contributed by atoms with E-state index in [-0.39, 0.29) is 5.41 Å². The fraction of sp³-hybridized carbons (Fsp3) is 0.0492. The maximum absolute atomic E-state index is 2.40. The first-order valence-corrected chi connectivity index (χ1v) is 21.7. The molecule has 11 aromatic rings. The monoisotopic (exact) mass is 789 g/mol. The largest absolute Gasteiger partial charge is 0.310 e. The molecule has 1 aliphatic rings. The maximum Gasteiger partial charge on any atom is 0.0467 e. The molecule has 12 rings (SSSR count). The summed E-state index contributed by atoms with van der Waals surface area (Å²) in [5.41, 5.74) is 16.0. The van der Waals surface area contributed by atoms with Gasteiger partial charge in [-0.1, -0.05) is 202 Å². The van der Waals surface area contributed by atoms with Crippen LogP contribution < -0.4 is 4.90 Å². The first-order valence-electron chi connectivity index (χ1n) is 21.7. The highest BCUT2D eigenvalue weighted by Gasteiger charge is 2.36. The van der Waals surface area contributed by atoms with Crippen LogP contribution in [0.2, 0.25) is 0 Å². The molecule has 0 aliphatic heterocycles. The quantitative estimate of drug-likeness (QED) is 0.152. The number of rotatable bonds is 6. The lowest BCUT2D eigenvalue weighted by Gasteiger charge is -2.27. The van der Waals surface area contributed by atoms with Crippen LogP contribution in [0, 0.1) is 0 Å². The van der Waals surface area contributed by atoms with E-state index in [1.54, 1.807) is 0 Å². The van der Waals surface area contributed by atoms with Crippen LogP contribution in [0.3, 0.4) is 0 Å². The molecule has 0 spiro atoms. The van der Waals surface area contributed by atoms with Gasteiger partial charge in [0.25, 0.3) is 0 Å². The fourth-order valence-electron chi connectivity index (χ4n) is 10.4. The minimum absolute atomic E-state index is 0.0467. The molecule has 62 heavy (non-hydrogen) atoms. The van der Waals surface area contributed by atoms with Crippen molar-refractivity contribution >= 4 is 60.2 Å². The molecule has 0 unspecified atom stereocenters. The van der Waals surface area contributed by atoms with Crippen molar-refractivity contribution in [2.75, 3.05) is 4.90 Å². The molecule has 0 fully saturated rings. The summed E-state index contributed by atoms with van der Waals surface area (Å²) in [4.78, 5) is 2.40. The molecule has 0 saturated heterocycles. The molecule has 1 nitrogen and oxygen atoms in total. The zero-order valence-corrected chi connectivity index (χ0v) is 34.8. The molecule has 0 N–H and O–H groups in total. The van der Waals surface area contributed by atoms with Crippen molar-refractivity contribution < 1.29 is 0 Å². The summed E-state index contributed by atoms with van der Waals surface area (Å²) in [6, 6.07) is 82.9. The van der Waals surface area contributed by atoms with Crippen molar-refractivity contribution in [3.8, 4) is 44.5 Å². The summed E-state index contributed by atoms with van der Waals surface area (Å²) in [6.07, 6.45) is 0. The molecule has 0 amide bonds. The van der Waals surface area contributed by atoms with Crippen molar-refractivity contribution in [1.82, 2.24) is 0 Å². The number of anilines is 3. The summed E-state index contributed by atoms with van der Waals surface area (Å²) >= 11 is 0. The van der Waals surface area contributed by atoms with E-state index in [2.05, 4.69) is 243 Å². The number of hydrogen-bond acceptors (Lipinski definition) is 1. The van der Waals surface area contributed by atoms with Gasteiger partial charge in [0.2, 0.25) is 0 Å². The van der Waals surface area contributed by atoms with Gasteiger partial charge in [-0.25, -0.2) is 0 Å². The van der Waals surface area contributed by atoms with E-state index < -0.39 is 0 Å². The Hall–Kier alpha value is -7.74. The van der Waals surface area contributed by atoms with Crippen molar-refractivity contribution in [3.63, 3.8) is 0 Å². The van der Waals surface area contributed by atoms with Gasteiger partial charge >= 0.3 is 0 Å². The molecule has 1 aliphatic carbocycles. The van der Waals surface area contributed by atoms with E-state index >= 15 is 0 Å². The predicted octanol–water partition coefficient (Wildman–Crippen LogP) is 17.1. The van der Waals surface area contributed by atoms with Crippen LogP contribution in [0.1, 0.15) is 25.0 Å². The van der Waals surface area contributed by atoms with Gasteiger partial charge < -0.3 is 4.90 Å². The van der Waals surface area contributed by atoms with Crippen LogP contribution >= 0.6 is 0 Å². The highest BCUT2D eigenvalue weighted by atomic mass is 15.1. The SMILES string of the molecule is CC1(C)c2ccccc2-c2c(-c3ccc(N(c4ccc(-c5ccccc5)cc4)c4cccc(-c5cccc6c5ccc5ccc7ccc8ccccc8c7c56)c4)cc3)cccc21. The lowest BCUT2D eigenvalue weighted by atomic mass is 9.82. The third kappa shape index (κ3) is 5.70. The van der Waals surface area contributed by atoms with E-state index in [4.69, 9.17) is 0 Å². The van der Waals surface area contributed by atoms with E-state index in [1.807, 2.05) is 0 Å². The minimum Gasteiger partial charge on any atom is -0.310 e. The number of hydrogen-bond donors (Lipinski definition) is 0. The van der Waals surface area contributed by atoms with Crippen molar-refractivity contribution in [3.05, 3.63) is 236 Å². The molecule has 0 saturated carbocycles. The summed E-state index contributed by atoms with van der Waals surface area (Å²) < 4.78 is 0. The third-order valence-corrected chi connectivity index (χ3v) is 13.4. The summed E-state index contributed by atoms with van der Waals surface area (Å²) in [7, 11) is 0. The molecule has 0 aromatic heterocycles. The molecular weight excluding hydrogens is 747 g/mol. The second-order valence-electron chi connectivity index (χ2n) is 17.3. The normalized spacial score (nSPS) is 12.8. The molecule has 0 radical (unpaired) electrons. The topological polar surface area (TPSA) is 3.24 Å². The Kier molecular flexibility index (Phi) is 8.27. The highest BCUT2D eigenvalue weighted by molar-refractivity contribution is 6.28. The number of nitrogens with zero attached hydrogens (tertiary/aromatic N) is 1. The van der Waals surface area contributed by atoms with Crippen LogP contribution in [0.15, 0.2) is 224 Å². The second-order valence-corrected chi connectivity index (χ2v) is 17.3. The maximum atomic E-state index is 2.40. The zero-order chi connectivity index (χ0) is 41.4. The Morgan fingerprint density at radius 2 is 0.839 bits per heavy atom. The summed E-state index contributed by atoms with van der Waals surface area (Å²) in [5.74, 6) is 0. The van der Waals surface area contributed by atoms with E-state index in [0.29, 0.717) is 0 Å². The Morgan fingerprint density at radius 3 is 1.63 bits per heavy atom. The van der Waals surface area contributed by atoms with Gasteiger partial charge in [-0.2, -0.15) is 0 Å². The second kappa shape index (κ2) is 14.2. The van der Waals surface area contributed by atoms with Gasteiger partial charge in [-0.15, -0.1) is 0 Å². The van der Waals surface area contributed by atoms with Crippen molar-refractivity contribution in [2.24, 2.45) is 0 Å². The molecule has 292 valence electrons. The van der Waals surface area contributed by atoms with Gasteiger partial charge in [0.1, 0.15) is 0 Å². The van der Waals surface area contributed by atoms with E-state index in [1.165, 1.54) is 98.7 Å². The van der Waals surface area contributed by atoms with E-state index in [0.717, 1.165) is 17.1 Å². The first-order chi connectivity index (χ1) is 30.5. The fourth-order valence-corrected chi connectivity index (χ4v) is 10.4. The molecule has 0 atom stereocenters. The molecule has 0 heterocycles.